The summed E-state index contributed by atoms with van der Waals surface area (Å²) in [5.74, 6) is 0.312. The smallest absolute Gasteiger partial charge is 0.339 e. The average molecular weight is 352 g/mol. The highest BCUT2D eigenvalue weighted by atomic mass is 32.1. The molecule has 3 heterocycles. The Morgan fingerprint density at radius 3 is 2.79 bits per heavy atom. The van der Waals surface area contributed by atoms with Crippen LogP contribution >= 0.6 is 11.3 Å². The molecule has 0 aliphatic carbocycles. The molecule has 10 nitrogen and oxygen atoms in total. The number of aryl methyl sites for hydroxylation is 1. The molecule has 0 spiro atoms. The van der Waals surface area contributed by atoms with Gasteiger partial charge in [-0.3, -0.25) is 15.5 Å². The third kappa shape index (κ3) is 4.00. The highest BCUT2D eigenvalue weighted by Gasteiger charge is 2.17. The number of nitrogens with zero attached hydrogens (tertiary/aromatic N) is 3. The number of carbonyl (C=O) groups is 2. The minimum atomic E-state index is -0.639. The summed E-state index contributed by atoms with van der Waals surface area (Å²) in [5, 5.41) is 8.42. The van der Waals surface area contributed by atoms with Crippen LogP contribution in [0.15, 0.2) is 16.0 Å². The monoisotopic (exact) mass is 352 g/mol. The van der Waals surface area contributed by atoms with Gasteiger partial charge in [0, 0.05) is 24.5 Å². The molecule has 3 amide bonds. The molecule has 0 saturated carbocycles. The van der Waals surface area contributed by atoms with Crippen molar-refractivity contribution in [2.75, 3.05) is 36.5 Å². The molecule has 0 bridgehead atoms. The highest BCUT2D eigenvalue weighted by Crippen LogP contribution is 2.21. The van der Waals surface area contributed by atoms with Gasteiger partial charge in [-0.25, -0.2) is 15.2 Å². The molecule has 3 rings (SSSR count). The first-order valence-corrected chi connectivity index (χ1v) is 8.08. The second kappa shape index (κ2) is 7.27. The van der Waals surface area contributed by atoms with Crippen LogP contribution in [0.4, 0.5) is 15.7 Å². The molecule has 0 radical (unpaired) electrons. The first-order valence-electron chi connectivity index (χ1n) is 7.21. The van der Waals surface area contributed by atoms with Gasteiger partial charge in [0.2, 0.25) is 0 Å². The Labute approximate surface area is 141 Å². The molecule has 2 aromatic rings. The van der Waals surface area contributed by atoms with E-state index in [1.165, 1.54) is 11.3 Å². The molecule has 128 valence electrons. The fourth-order valence-electron chi connectivity index (χ4n) is 2.02. The molecule has 0 unspecified atom stereocenters. The quantitative estimate of drug-likeness (QED) is 0.697. The van der Waals surface area contributed by atoms with Gasteiger partial charge >= 0.3 is 6.03 Å². The summed E-state index contributed by atoms with van der Waals surface area (Å²) in [4.78, 5) is 30.0. The van der Waals surface area contributed by atoms with Crippen molar-refractivity contribution < 1.29 is 18.8 Å². The summed E-state index contributed by atoms with van der Waals surface area (Å²) in [6.07, 6.45) is 0. The molecule has 0 aromatic carbocycles. The number of amides is 3. The summed E-state index contributed by atoms with van der Waals surface area (Å²) in [5.41, 5.74) is 4.75. The van der Waals surface area contributed by atoms with Crippen LogP contribution in [0, 0.1) is 6.92 Å². The van der Waals surface area contributed by atoms with Gasteiger partial charge in [-0.2, -0.15) is 0 Å². The highest BCUT2D eigenvalue weighted by molar-refractivity contribution is 7.13. The molecule has 2 aromatic heterocycles. The maximum atomic E-state index is 12.0. The Hall–Kier alpha value is -2.66. The minimum Gasteiger partial charge on any atom is -0.378 e. The van der Waals surface area contributed by atoms with Crippen molar-refractivity contribution >= 4 is 34.2 Å². The standard InChI is InChI=1S/C13H16N6O4S/c1-8-6-10(18-23-8)15-12(21)17-16-11(20)9-7-24-13(14-9)19-2-4-22-5-3-19/h6-7H,2-5H2,1H3,(H,16,20)(H2,15,17,18,21). The number of morpholine rings is 1. The minimum absolute atomic E-state index is 0.235. The Balaban J connectivity index is 1.49. The SMILES string of the molecule is Cc1cc(NC(=O)NNC(=O)c2csc(N3CCOCC3)n2)no1. The van der Waals surface area contributed by atoms with Crippen molar-refractivity contribution in [3.8, 4) is 0 Å². The molecule has 1 aliphatic rings. The van der Waals surface area contributed by atoms with Crippen LogP contribution in [0.2, 0.25) is 0 Å². The molecule has 1 fully saturated rings. The van der Waals surface area contributed by atoms with Gasteiger partial charge < -0.3 is 14.2 Å². The van der Waals surface area contributed by atoms with E-state index in [4.69, 9.17) is 9.26 Å². The number of ether oxygens (including phenoxy) is 1. The maximum Gasteiger partial charge on any atom is 0.339 e. The van der Waals surface area contributed by atoms with Gasteiger partial charge in [0.25, 0.3) is 5.91 Å². The lowest BCUT2D eigenvalue weighted by atomic mass is 10.4. The van der Waals surface area contributed by atoms with Crippen LogP contribution in [0.3, 0.4) is 0 Å². The number of aromatic nitrogens is 2. The van der Waals surface area contributed by atoms with E-state index in [1.54, 1.807) is 18.4 Å². The number of nitrogens with one attached hydrogen (secondary N) is 3. The number of anilines is 2. The first kappa shape index (κ1) is 16.2. The second-order valence-corrected chi connectivity index (χ2v) is 5.81. The van der Waals surface area contributed by atoms with E-state index in [2.05, 4.69) is 31.2 Å². The summed E-state index contributed by atoms with van der Waals surface area (Å²) >= 11 is 1.37. The number of hydrogen-bond acceptors (Lipinski definition) is 8. The maximum absolute atomic E-state index is 12.0. The van der Waals surface area contributed by atoms with Crippen LogP contribution < -0.4 is 21.1 Å². The van der Waals surface area contributed by atoms with Crippen LogP contribution in [0.5, 0.6) is 0 Å². The van der Waals surface area contributed by atoms with E-state index in [-0.39, 0.29) is 11.5 Å². The van der Waals surface area contributed by atoms with Crippen LogP contribution in [-0.2, 0) is 4.74 Å². The lowest BCUT2D eigenvalue weighted by Crippen LogP contribution is -2.44. The molecule has 11 heteroatoms. The lowest BCUT2D eigenvalue weighted by molar-refractivity contribution is 0.0933. The molecular formula is C13H16N6O4S. The van der Waals surface area contributed by atoms with Crippen molar-refractivity contribution in [1.29, 1.82) is 0 Å². The normalized spacial score (nSPS) is 14.3. The average Bonchev–Trinajstić information content (AvgIpc) is 3.23. The van der Waals surface area contributed by atoms with E-state index >= 15 is 0 Å². The van der Waals surface area contributed by atoms with E-state index in [0.29, 0.717) is 19.0 Å². The fraction of sp³-hybridized carbons (Fsp3) is 0.385. The molecule has 1 aliphatic heterocycles. The van der Waals surface area contributed by atoms with Crippen molar-refractivity contribution in [3.63, 3.8) is 0 Å². The van der Waals surface area contributed by atoms with E-state index < -0.39 is 11.9 Å². The molecule has 3 N–H and O–H groups in total. The lowest BCUT2D eigenvalue weighted by Gasteiger charge is -2.25. The van der Waals surface area contributed by atoms with Crippen molar-refractivity contribution in [3.05, 3.63) is 22.9 Å². The van der Waals surface area contributed by atoms with Gasteiger partial charge in [-0.05, 0) is 6.92 Å². The number of carbonyl (C=O) groups excluding carboxylic acids is 2. The zero-order valence-electron chi connectivity index (χ0n) is 12.9. The number of thiazole rings is 1. The zero-order chi connectivity index (χ0) is 16.9. The number of urea groups is 1. The molecular weight excluding hydrogens is 336 g/mol. The molecule has 24 heavy (non-hydrogen) atoms. The predicted octanol–water partition coefficient (Wildman–Crippen LogP) is 0.743. The van der Waals surface area contributed by atoms with E-state index in [9.17, 15) is 9.59 Å². The number of hydrogen-bond donors (Lipinski definition) is 3. The van der Waals surface area contributed by atoms with Gasteiger partial charge in [0.1, 0.15) is 11.5 Å². The Kier molecular flexibility index (Phi) is 4.91. The first-order chi connectivity index (χ1) is 11.6. The Morgan fingerprint density at radius 2 is 2.08 bits per heavy atom. The summed E-state index contributed by atoms with van der Waals surface area (Å²) in [7, 11) is 0. The van der Waals surface area contributed by atoms with Crippen molar-refractivity contribution in [2.45, 2.75) is 6.92 Å². The summed E-state index contributed by atoms with van der Waals surface area (Å²) in [6, 6.07) is 0.913. The van der Waals surface area contributed by atoms with Gasteiger partial charge in [0.15, 0.2) is 10.9 Å². The van der Waals surface area contributed by atoms with Gasteiger partial charge in [0.05, 0.1) is 13.2 Å². The molecule has 0 atom stereocenters. The molecule has 1 saturated heterocycles. The summed E-state index contributed by atoms with van der Waals surface area (Å²) in [6.45, 7) is 4.47. The van der Waals surface area contributed by atoms with Crippen molar-refractivity contribution in [1.82, 2.24) is 21.0 Å². The Bertz CT molecular complexity index is 724. The van der Waals surface area contributed by atoms with Gasteiger partial charge in [-0.15, -0.1) is 11.3 Å². The van der Waals surface area contributed by atoms with Crippen LogP contribution in [0.1, 0.15) is 16.2 Å². The number of rotatable bonds is 3. The van der Waals surface area contributed by atoms with E-state index in [1.807, 2.05) is 0 Å². The van der Waals surface area contributed by atoms with Crippen LogP contribution in [0.25, 0.3) is 0 Å². The zero-order valence-corrected chi connectivity index (χ0v) is 13.7. The third-order valence-corrected chi connectivity index (χ3v) is 4.07. The Morgan fingerprint density at radius 1 is 1.29 bits per heavy atom. The van der Waals surface area contributed by atoms with Crippen LogP contribution in [-0.4, -0.2) is 48.4 Å². The van der Waals surface area contributed by atoms with Crippen molar-refractivity contribution in [2.24, 2.45) is 0 Å². The van der Waals surface area contributed by atoms with Gasteiger partial charge in [-0.1, -0.05) is 5.16 Å². The fourth-order valence-corrected chi connectivity index (χ4v) is 2.88. The topological polar surface area (TPSA) is 122 Å². The largest absolute Gasteiger partial charge is 0.378 e. The second-order valence-electron chi connectivity index (χ2n) is 4.97. The number of hydrazine groups is 1. The van der Waals surface area contributed by atoms with E-state index in [0.717, 1.165) is 18.2 Å². The predicted molar refractivity (Wildman–Crippen MR) is 86.0 cm³/mol. The summed E-state index contributed by atoms with van der Waals surface area (Å²) < 4.78 is 10.1. The third-order valence-electron chi connectivity index (χ3n) is 3.17.